The fraction of sp³-hybridized carbons (Fsp3) is 0.632. The number of nitrogens with zero attached hydrogens (tertiary/aromatic N) is 5. The summed E-state index contributed by atoms with van der Waals surface area (Å²) in [5, 5.41) is 0. The van der Waals surface area contributed by atoms with E-state index >= 15 is 0 Å². The number of rotatable bonds is 4. The van der Waals surface area contributed by atoms with Gasteiger partial charge >= 0.3 is 6.18 Å². The van der Waals surface area contributed by atoms with Crippen LogP contribution in [0.25, 0.3) is 0 Å². The molecule has 2 aliphatic heterocycles. The second-order valence-corrected chi connectivity index (χ2v) is 7.76. The fourth-order valence-corrected chi connectivity index (χ4v) is 4.16. The molecule has 2 aromatic heterocycles. The SMILES string of the molecule is O=c1cc(C(F)(F)F)ncn1CC1CCN(Cc2cnc3n2CCCC3)CC1. The molecular weight excluding hydrogens is 371 g/mol. The number of fused-ring (bicyclic) bond motifs is 1. The normalized spacial score (nSPS) is 19.0. The molecule has 0 radical (unpaired) electrons. The lowest BCUT2D eigenvalue weighted by Crippen LogP contribution is -2.36. The average Bonchev–Trinajstić information content (AvgIpc) is 3.07. The molecule has 0 spiro atoms. The van der Waals surface area contributed by atoms with Crippen LogP contribution in [0.5, 0.6) is 0 Å². The second-order valence-electron chi connectivity index (χ2n) is 7.76. The minimum atomic E-state index is -4.59. The molecule has 0 aromatic carbocycles. The molecule has 0 bridgehead atoms. The first kappa shape index (κ1) is 19.2. The number of hydrogen-bond acceptors (Lipinski definition) is 4. The monoisotopic (exact) mass is 395 g/mol. The summed E-state index contributed by atoms with van der Waals surface area (Å²) in [6.45, 7) is 4.16. The minimum absolute atomic E-state index is 0.270. The molecule has 0 amide bonds. The van der Waals surface area contributed by atoms with Crippen molar-refractivity contribution < 1.29 is 13.2 Å². The average molecular weight is 395 g/mol. The molecule has 1 saturated heterocycles. The number of aryl methyl sites for hydroxylation is 1. The summed E-state index contributed by atoms with van der Waals surface area (Å²) in [5.41, 5.74) is -0.514. The molecule has 0 N–H and O–H groups in total. The smallest absolute Gasteiger partial charge is 0.331 e. The van der Waals surface area contributed by atoms with Crippen LogP contribution in [0.2, 0.25) is 0 Å². The Labute approximate surface area is 161 Å². The number of aromatic nitrogens is 4. The van der Waals surface area contributed by atoms with E-state index in [1.807, 2.05) is 6.20 Å². The fourth-order valence-electron chi connectivity index (χ4n) is 4.16. The van der Waals surface area contributed by atoms with Crippen molar-refractivity contribution in [2.75, 3.05) is 13.1 Å². The van der Waals surface area contributed by atoms with Crippen LogP contribution < -0.4 is 5.56 Å². The molecule has 0 saturated carbocycles. The first-order valence-electron chi connectivity index (χ1n) is 9.79. The molecule has 0 atom stereocenters. The molecule has 0 unspecified atom stereocenters. The van der Waals surface area contributed by atoms with Gasteiger partial charge in [0.15, 0.2) is 5.69 Å². The topological polar surface area (TPSA) is 56.0 Å². The van der Waals surface area contributed by atoms with E-state index in [4.69, 9.17) is 0 Å². The number of piperidine rings is 1. The zero-order chi connectivity index (χ0) is 19.7. The largest absolute Gasteiger partial charge is 0.433 e. The highest BCUT2D eigenvalue weighted by atomic mass is 19.4. The second kappa shape index (κ2) is 7.69. The van der Waals surface area contributed by atoms with Gasteiger partial charge in [-0.1, -0.05) is 0 Å². The molecule has 1 fully saturated rings. The summed E-state index contributed by atoms with van der Waals surface area (Å²) in [5.74, 6) is 1.46. The van der Waals surface area contributed by atoms with Crippen molar-refractivity contribution in [2.24, 2.45) is 5.92 Å². The van der Waals surface area contributed by atoms with Gasteiger partial charge in [-0.25, -0.2) is 9.97 Å². The number of likely N-dealkylation sites (tertiary alicyclic amines) is 1. The van der Waals surface area contributed by atoms with Crippen LogP contribution >= 0.6 is 0 Å². The van der Waals surface area contributed by atoms with Crippen molar-refractivity contribution in [1.82, 2.24) is 24.0 Å². The van der Waals surface area contributed by atoms with Gasteiger partial charge in [0.05, 0.1) is 12.0 Å². The summed E-state index contributed by atoms with van der Waals surface area (Å²) in [7, 11) is 0. The Morgan fingerprint density at radius 1 is 1.11 bits per heavy atom. The van der Waals surface area contributed by atoms with Gasteiger partial charge in [-0.15, -0.1) is 0 Å². The summed E-state index contributed by atoms with van der Waals surface area (Å²) in [6.07, 6.45) is 3.71. The summed E-state index contributed by atoms with van der Waals surface area (Å²) in [6, 6.07) is 0.581. The van der Waals surface area contributed by atoms with Crippen molar-refractivity contribution >= 4 is 0 Å². The lowest BCUT2D eigenvalue weighted by molar-refractivity contribution is -0.141. The van der Waals surface area contributed by atoms with Gasteiger partial charge in [0.25, 0.3) is 5.56 Å². The van der Waals surface area contributed by atoms with Crippen LogP contribution in [0.1, 0.15) is 42.9 Å². The van der Waals surface area contributed by atoms with E-state index in [0.29, 0.717) is 12.6 Å². The first-order valence-corrected chi connectivity index (χ1v) is 9.79. The number of halogens is 3. The standard InChI is InChI=1S/C19H24F3N5O/c20-19(21,22)16-9-18(28)26(13-24-16)11-14-4-7-25(8-5-14)12-15-10-23-17-3-1-2-6-27(15)17/h9-10,13-14H,1-8,11-12H2. The van der Waals surface area contributed by atoms with Crippen LogP contribution in [-0.2, 0) is 32.2 Å². The third-order valence-corrected chi connectivity index (χ3v) is 5.77. The Balaban J connectivity index is 1.32. The summed E-state index contributed by atoms with van der Waals surface area (Å²) < 4.78 is 41.6. The lowest BCUT2D eigenvalue weighted by atomic mass is 9.96. The van der Waals surface area contributed by atoms with E-state index in [-0.39, 0.29) is 5.92 Å². The third kappa shape index (κ3) is 4.14. The van der Waals surface area contributed by atoms with Crippen LogP contribution in [-0.4, -0.2) is 37.1 Å². The van der Waals surface area contributed by atoms with E-state index in [1.54, 1.807) is 0 Å². The van der Waals surface area contributed by atoms with Crippen molar-refractivity contribution in [3.8, 4) is 0 Å². The van der Waals surface area contributed by atoms with E-state index in [9.17, 15) is 18.0 Å². The summed E-state index contributed by atoms with van der Waals surface area (Å²) in [4.78, 5) is 22.3. The minimum Gasteiger partial charge on any atom is -0.331 e. The molecule has 28 heavy (non-hydrogen) atoms. The van der Waals surface area contributed by atoms with Gasteiger partial charge in [-0.3, -0.25) is 14.3 Å². The predicted molar refractivity (Wildman–Crippen MR) is 96.7 cm³/mol. The number of hydrogen-bond donors (Lipinski definition) is 0. The van der Waals surface area contributed by atoms with Crippen LogP contribution in [0.4, 0.5) is 13.2 Å². The third-order valence-electron chi connectivity index (χ3n) is 5.77. The maximum atomic E-state index is 12.6. The van der Waals surface area contributed by atoms with Crippen molar-refractivity contribution in [3.05, 3.63) is 46.2 Å². The van der Waals surface area contributed by atoms with Crippen LogP contribution in [0, 0.1) is 5.92 Å². The summed E-state index contributed by atoms with van der Waals surface area (Å²) >= 11 is 0. The lowest BCUT2D eigenvalue weighted by Gasteiger charge is -2.32. The highest BCUT2D eigenvalue weighted by Crippen LogP contribution is 2.26. The van der Waals surface area contributed by atoms with Gasteiger partial charge in [0, 0.05) is 38.3 Å². The predicted octanol–water partition coefficient (Wildman–Crippen LogP) is 2.71. The van der Waals surface area contributed by atoms with Crippen molar-refractivity contribution in [3.63, 3.8) is 0 Å². The van der Waals surface area contributed by atoms with Crippen LogP contribution in [0.15, 0.2) is 23.4 Å². The van der Waals surface area contributed by atoms with Gasteiger partial charge in [0.1, 0.15) is 5.82 Å². The Kier molecular flexibility index (Phi) is 5.27. The Morgan fingerprint density at radius 3 is 2.61 bits per heavy atom. The molecule has 9 heteroatoms. The number of alkyl halides is 3. The van der Waals surface area contributed by atoms with E-state index in [1.165, 1.54) is 28.9 Å². The Hall–Kier alpha value is -2.16. The van der Waals surface area contributed by atoms with Gasteiger partial charge < -0.3 is 4.57 Å². The zero-order valence-corrected chi connectivity index (χ0v) is 15.7. The molecule has 2 aliphatic rings. The van der Waals surface area contributed by atoms with E-state index in [2.05, 4.69) is 19.4 Å². The highest BCUT2D eigenvalue weighted by molar-refractivity contribution is 5.08. The van der Waals surface area contributed by atoms with Gasteiger partial charge in [-0.05, 0) is 44.7 Å². The Bertz CT molecular complexity index is 880. The van der Waals surface area contributed by atoms with Crippen molar-refractivity contribution in [1.29, 1.82) is 0 Å². The van der Waals surface area contributed by atoms with Gasteiger partial charge in [-0.2, -0.15) is 13.2 Å². The number of imidazole rings is 1. The maximum absolute atomic E-state index is 12.6. The van der Waals surface area contributed by atoms with E-state index < -0.39 is 17.4 Å². The molecule has 4 heterocycles. The van der Waals surface area contributed by atoms with Crippen molar-refractivity contribution in [2.45, 2.75) is 57.9 Å². The molecule has 4 rings (SSSR count). The highest BCUT2D eigenvalue weighted by Gasteiger charge is 2.33. The zero-order valence-electron chi connectivity index (χ0n) is 15.7. The molecule has 6 nitrogen and oxygen atoms in total. The molecule has 2 aromatic rings. The van der Waals surface area contributed by atoms with E-state index in [0.717, 1.165) is 51.8 Å². The molecule has 152 valence electrons. The van der Waals surface area contributed by atoms with Crippen LogP contribution in [0.3, 0.4) is 0 Å². The molecular formula is C19H24F3N5O. The quantitative estimate of drug-likeness (QED) is 0.799. The van der Waals surface area contributed by atoms with Gasteiger partial charge in [0.2, 0.25) is 0 Å². The molecule has 0 aliphatic carbocycles. The Morgan fingerprint density at radius 2 is 1.89 bits per heavy atom. The maximum Gasteiger partial charge on any atom is 0.433 e. The first-order chi connectivity index (χ1) is 13.4.